The first kappa shape index (κ1) is 22.8. The third-order valence-corrected chi connectivity index (χ3v) is 6.56. The zero-order valence-corrected chi connectivity index (χ0v) is 20.7. The highest BCUT2D eigenvalue weighted by Gasteiger charge is 2.15. The van der Waals surface area contributed by atoms with Crippen molar-refractivity contribution in [3.63, 3.8) is 0 Å². The molecule has 0 aliphatic rings. The third kappa shape index (κ3) is 4.90. The van der Waals surface area contributed by atoms with Crippen LogP contribution in [0.1, 0.15) is 0 Å². The molecule has 0 saturated heterocycles. The van der Waals surface area contributed by atoms with E-state index in [9.17, 15) is 0 Å². The Balaban J connectivity index is 1.48. The van der Waals surface area contributed by atoms with Gasteiger partial charge in [0.05, 0.1) is 5.02 Å². The molecule has 176 valence electrons. The van der Waals surface area contributed by atoms with Crippen LogP contribution in [0.5, 0.6) is 0 Å². The molecule has 0 N–H and O–H groups in total. The van der Waals surface area contributed by atoms with Crippen LogP contribution in [0, 0.1) is 0 Å². The summed E-state index contributed by atoms with van der Waals surface area (Å²) in [6, 6.07) is 44.7. The minimum absolute atomic E-state index is 0.541. The lowest BCUT2D eigenvalue weighted by Crippen LogP contribution is -2.00. The number of hydrogen-bond donors (Lipinski definition) is 0. The zero-order valence-electron chi connectivity index (χ0n) is 19.9. The smallest absolute Gasteiger partial charge is 0.165 e. The molecule has 0 bridgehead atoms. The normalized spacial score (nSPS) is 10.8. The van der Waals surface area contributed by atoms with E-state index in [0.717, 1.165) is 33.4 Å². The molecule has 0 amide bonds. The molecule has 3 nitrogen and oxygen atoms in total. The van der Waals surface area contributed by atoms with Gasteiger partial charge in [0, 0.05) is 16.7 Å². The van der Waals surface area contributed by atoms with Crippen LogP contribution in [0.2, 0.25) is 5.02 Å². The number of halogens is 1. The second kappa shape index (κ2) is 10.2. The van der Waals surface area contributed by atoms with Crippen LogP contribution >= 0.6 is 11.6 Å². The summed E-state index contributed by atoms with van der Waals surface area (Å²) in [4.78, 5) is 14.6. The highest BCUT2D eigenvalue weighted by Crippen LogP contribution is 2.33. The number of hydrogen-bond acceptors (Lipinski definition) is 3. The predicted molar refractivity (Wildman–Crippen MR) is 152 cm³/mol. The minimum Gasteiger partial charge on any atom is -0.208 e. The van der Waals surface area contributed by atoms with E-state index in [1.165, 1.54) is 5.56 Å². The Morgan fingerprint density at radius 3 is 1.30 bits per heavy atom. The molecular weight excluding hydrogens is 474 g/mol. The van der Waals surface area contributed by atoms with Crippen molar-refractivity contribution in [1.29, 1.82) is 0 Å². The molecule has 0 fully saturated rings. The fourth-order valence-corrected chi connectivity index (χ4v) is 4.49. The number of rotatable bonds is 5. The Morgan fingerprint density at radius 2 is 0.730 bits per heavy atom. The van der Waals surface area contributed by atoms with E-state index >= 15 is 0 Å². The molecule has 6 aromatic rings. The first-order valence-electron chi connectivity index (χ1n) is 12.1. The molecular formula is C33H22ClN3. The van der Waals surface area contributed by atoms with Gasteiger partial charge in [0.1, 0.15) is 0 Å². The fraction of sp³-hybridized carbons (Fsp3) is 0. The zero-order chi connectivity index (χ0) is 25.0. The molecule has 1 heterocycles. The SMILES string of the molecule is Clc1ccc(-c2ccccc2)cc1-c1nc(-c2ccccc2)nc(-c2ccc(-c3ccccc3)cc2)n1. The van der Waals surface area contributed by atoms with E-state index in [4.69, 9.17) is 26.6 Å². The molecule has 5 aromatic carbocycles. The van der Waals surface area contributed by atoms with E-state index in [0.29, 0.717) is 22.5 Å². The average molecular weight is 496 g/mol. The Hall–Kier alpha value is -4.60. The van der Waals surface area contributed by atoms with E-state index in [2.05, 4.69) is 48.5 Å². The van der Waals surface area contributed by atoms with Crippen LogP contribution in [0.25, 0.3) is 56.4 Å². The molecule has 37 heavy (non-hydrogen) atoms. The van der Waals surface area contributed by atoms with Gasteiger partial charge in [0.15, 0.2) is 17.5 Å². The summed E-state index contributed by atoms with van der Waals surface area (Å²) in [5.41, 5.74) is 7.06. The van der Waals surface area contributed by atoms with E-state index < -0.39 is 0 Å². The first-order chi connectivity index (χ1) is 18.2. The van der Waals surface area contributed by atoms with Crippen LogP contribution in [0.15, 0.2) is 133 Å². The monoisotopic (exact) mass is 495 g/mol. The Morgan fingerprint density at radius 1 is 0.351 bits per heavy atom. The molecule has 4 heteroatoms. The molecule has 0 unspecified atom stereocenters. The van der Waals surface area contributed by atoms with Crippen LogP contribution < -0.4 is 0 Å². The third-order valence-electron chi connectivity index (χ3n) is 6.23. The lowest BCUT2D eigenvalue weighted by atomic mass is 10.0. The number of nitrogens with zero attached hydrogens (tertiary/aromatic N) is 3. The summed E-state index contributed by atoms with van der Waals surface area (Å²) in [6.07, 6.45) is 0. The molecule has 0 spiro atoms. The van der Waals surface area contributed by atoms with Crippen molar-refractivity contribution in [1.82, 2.24) is 15.0 Å². The van der Waals surface area contributed by atoms with E-state index in [1.807, 2.05) is 84.9 Å². The van der Waals surface area contributed by atoms with Gasteiger partial charge in [-0.15, -0.1) is 0 Å². The van der Waals surface area contributed by atoms with Gasteiger partial charge < -0.3 is 0 Å². The molecule has 6 rings (SSSR count). The van der Waals surface area contributed by atoms with Crippen molar-refractivity contribution in [3.8, 4) is 56.4 Å². The van der Waals surface area contributed by atoms with Gasteiger partial charge in [-0.1, -0.05) is 133 Å². The second-order valence-corrected chi connectivity index (χ2v) is 9.08. The summed E-state index contributed by atoms with van der Waals surface area (Å²) in [6.45, 7) is 0. The van der Waals surface area contributed by atoms with Gasteiger partial charge >= 0.3 is 0 Å². The lowest BCUT2D eigenvalue weighted by molar-refractivity contribution is 1.07. The maximum Gasteiger partial charge on any atom is 0.165 e. The summed E-state index contributed by atoms with van der Waals surface area (Å²) < 4.78 is 0. The highest BCUT2D eigenvalue weighted by molar-refractivity contribution is 6.33. The van der Waals surface area contributed by atoms with E-state index in [-0.39, 0.29) is 0 Å². The van der Waals surface area contributed by atoms with Crippen molar-refractivity contribution < 1.29 is 0 Å². The lowest BCUT2D eigenvalue weighted by Gasteiger charge is -2.11. The minimum atomic E-state index is 0.541. The van der Waals surface area contributed by atoms with Crippen LogP contribution in [-0.2, 0) is 0 Å². The van der Waals surface area contributed by atoms with Crippen LogP contribution in [0.4, 0.5) is 0 Å². The molecule has 0 atom stereocenters. The average Bonchev–Trinajstić information content (AvgIpc) is 2.98. The van der Waals surface area contributed by atoms with Gasteiger partial charge in [-0.25, -0.2) is 15.0 Å². The van der Waals surface area contributed by atoms with Gasteiger partial charge in [0.25, 0.3) is 0 Å². The van der Waals surface area contributed by atoms with Crippen molar-refractivity contribution >= 4 is 11.6 Å². The first-order valence-corrected chi connectivity index (χ1v) is 12.5. The summed E-state index contributed by atoms with van der Waals surface area (Å²) >= 11 is 6.70. The van der Waals surface area contributed by atoms with Crippen LogP contribution in [0.3, 0.4) is 0 Å². The summed E-state index contributed by atoms with van der Waals surface area (Å²) in [5.74, 6) is 1.75. The van der Waals surface area contributed by atoms with Crippen molar-refractivity contribution in [2.24, 2.45) is 0 Å². The van der Waals surface area contributed by atoms with Crippen LogP contribution in [-0.4, -0.2) is 15.0 Å². The van der Waals surface area contributed by atoms with Gasteiger partial charge in [-0.3, -0.25) is 0 Å². The predicted octanol–water partition coefficient (Wildman–Crippen LogP) is 8.86. The standard InChI is InChI=1S/C33H22ClN3/c34-30-21-20-28(24-12-6-2-7-13-24)22-29(30)33-36-31(26-14-8-3-9-15-26)35-32(37-33)27-18-16-25(17-19-27)23-10-4-1-5-11-23/h1-22H. The fourth-order valence-electron chi connectivity index (χ4n) is 4.29. The molecule has 0 aliphatic carbocycles. The molecule has 0 aliphatic heterocycles. The Kier molecular flexibility index (Phi) is 6.28. The second-order valence-electron chi connectivity index (χ2n) is 8.68. The Bertz CT molecular complexity index is 1650. The van der Waals surface area contributed by atoms with Gasteiger partial charge in [0.2, 0.25) is 0 Å². The number of benzene rings is 5. The van der Waals surface area contributed by atoms with Crippen molar-refractivity contribution in [2.45, 2.75) is 0 Å². The molecule has 0 saturated carbocycles. The summed E-state index contributed by atoms with van der Waals surface area (Å²) in [7, 11) is 0. The topological polar surface area (TPSA) is 38.7 Å². The Labute approximate surface area is 221 Å². The maximum absolute atomic E-state index is 6.70. The van der Waals surface area contributed by atoms with Gasteiger partial charge in [-0.2, -0.15) is 0 Å². The highest BCUT2D eigenvalue weighted by atomic mass is 35.5. The maximum atomic E-state index is 6.70. The summed E-state index contributed by atoms with van der Waals surface area (Å²) in [5, 5.41) is 0.593. The molecule has 0 radical (unpaired) electrons. The van der Waals surface area contributed by atoms with Gasteiger partial charge in [-0.05, 0) is 34.4 Å². The number of aromatic nitrogens is 3. The van der Waals surface area contributed by atoms with E-state index in [1.54, 1.807) is 0 Å². The van der Waals surface area contributed by atoms with Crippen molar-refractivity contribution in [2.75, 3.05) is 0 Å². The quantitative estimate of drug-likeness (QED) is 0.240. The molecule has 1 aromatic heterocycles. The largest absolute Gasteiger partial charge is 0.208 e. The van der Waals surface area contributed by atoms with Crippen molar-refractivity contribution in [3.05, 3.63) is 138 Å².